The van der Waals surface area contributed by atoms with E-state index in [1.165, 1.54) is 10.8 Å². The number of benzene rings is 3. The summed E-state index contributed by atoms with van der Waals surface area (Å²) < 4.78 is 25.0. The molecule has 1 aliphatic rings. The van der Waals surface area contributed by atoms with Gasteiger partial charge < -0.3 is 9.26 Å². The van der Waals surface area contributed by atoms with Gasteiger partial charge in [-0.3, -0.25) is 23.8 Å². The third-order valence-corrected chi connectivity index (χ3v) is 8.10. The van der Waals surface area contributed by atoms with E-state index < -0.39 is 35.2 Å². The fourth-order valence-corrected chi connectivity index (χ4v) is 6.07. The minimum absolute atomic E-state index is 0.178. The monoisotopic (exact) mass is 599 g/mol. The van der Waals surface area contributed by atoms with E-state index in [0.717, 1.165) is 16.7 Å². The van der Waals surface area contributed by atoms with E-state index in [1.807, 2.05) is 54.6 Å². The summed E-state index contributed by atoms with van der Waals surface area (Å²) in [6, 6.07) is 30.2. The summed E-state index contributed by atoms with van der Waals surface area (Å²) in [4.78, 5) is 29.7. The van der Waals surface area contributed by atoms with Crippen molar-refractivity contribution in [3.05, 3.63) is 140 Å². The lowest BCUT2D eigenvalue weighted by atomic mass is 9.75. The molecule has 4 aromatic rings. The smallest absolute Gasteiger partial charge is 0.350 e. The number of halogens is 2. The van der Waals surface area contributed by atoms with Gasteiger partial charge in [0.15, 0.2) is 6.23 Å². The molecule has 1 aliphatic heterocycles. The average molecular weight is 600 g/mol. The predicted molar refractivity (Wildman–Crippen MR) is 156 cm³/mol. The lowest BCUT2D eigenvalue weighted by Crippen LogP contribution is -2.58. The molecule has 0 saturated carbocycles. The Bertz CT molecular complexity index is 1510. The van der Waals surface area contributed by atoms with Crippen molar-refractivity contribution in [1.82, 2.24) is 14.5 Å². The summed E-state index contributed by atoms with van der Waals surface area (Å²) >= 11 is 11.4. The van der Waals surface area contributed by atoms with Crippen LogP contribution < -0.4 is 11.2 Å². The molecule has 0 bridgehead atoms. The van der Waals surface area contributed by atoms with Crippen molar-refractivity contribution in [1.29, 1.82) is 0 Å². The molecule has 0 aliphatic carbocycles. The summed E-state index contributed by atoms with van der Waals surface area (Å²) in [6.45, 7) is 2.03. The molecule has 2 heterocycles. The first-order valence-corrected chi connectivity index (χ1v) is 16.1. The molecule has 11 heteroatoms. The number of aryl methyl sites for hydroxylation is 1. The van der Waals surface area contributed by atoms with Gasteiger partial charge in [-0.05, 0) is 46.1 Å². The van der Waals surface area contributed by atoms with Crippen LogP contribution in [-0.4, -0.2) is 40.3 Å². The van der Waals surface area contributed by atoms with Gasteiger partial charge in [-0.1, -0.05) is 91.0 Å². The van der Waals surface area contributed by atoms with Gasteiger partial charge in [0.2, 0.25) is 0 Å². The highest BCUT2D eigenvalue weighted by molar-refractivity contribution is 8.05. The van der Waals surface area contributed by atoms with E-state index in [1.54, 1.807) is 6.92 Å². The van der Waals surface area contributed by atoms with Crippen LogP contribution in [0.5, 0.6) is 0 Å². The molecule has 1 fully saturated rings. The van der Waals surface area contributed by atoms with E-state index in [4.69, 9.17) is 31.7 Å². The lowest BCUT2D eigenvalue weighted by Gasteiger charge is -2.50. The molecule has 0 spiro atoms. The van der Waals surface area contributed by atoms with Gasteiger partial charge in [0.05, 0.1) is 18.2 Å². The number of nitrogens with one attached hydrogen (secondary N) is 1. The summed E-state index contributed by atoms with van der Waals surface area (Å²) in [5.41, 5.74) is 1.46. The maximum Gasteiger partial charge on any atom is 0.380 e. The molecule has 1 aromatic heterocycles. The van der Waals surface area contributed by atoms with Gasteiger partial charge in [-0.2, -0.15) is 0 Å². The van der Waals surface area contributed by atoms with Crippen molar-refractivity contribution >= 4 is 28.6 Å². The van der Waals surface area contributed by atoms with Crippen LogP contribution in [0.15, 0.2) is 107 Å². The highest BCUT2D eigenvalue weighted by Gasteiger charge is 2.46. The molecule has 208 valence electrons. The number of aromatic amines is 1. The van der Waals surface area contributed by atoms with Gasteiger partial charge in [-0.15, -0.1) is 0 Å². The van der Waals surface area contributed by atoms with Crippen LogP contribution >= 0.6 is 28.6 Å². The van der Waals surface area contributed by atoms with Gasteiger partial charge >= 0.3 is 11.8 Å². The Hall–Kier alpha value is -2.97. The number of morpholine rings is 1. The summed E-state index contributed by atoms with van der Waals surface area (Å²) in [6.07, 6.45) is -3.88. The van der Waals surface area contributed by atoms with Crippen molar-refractivity contribution in [3.63, 3.8) is 0 Å². The van der Waals surface area contributed by atoms with Crippen molar-refractivity contribution < 1.29 is 13.8 Å². The minimum atomic E-state index is -3.85. The predicted octanol–water partition coefficient (Wildman–Crippen LogP) is 5.64. The normalized spacial score (nSPS) is 18.5. The number of aromatic nitrogens is 2. The third kappa shape index (κ3) is 5.88. The first kappa shape index (κ1) is 28.6. The zero-order valence-electron chi connectivity index (χ0n) is 21.7. The lowest BCUT2D eigenvalue weighted by molar-refractivity contribution is -0.147. The van der Waals surface area contributed by atoms with Gasteiger partial charge in [-0.25, -0.2) is 4.79 Å². The highest BCUT2D eigenvalue weighted by atomic mass is 35.9. The number of nitrogens with zero attached hydrogens (tertiary/aromatic N) is 2. The summed E-state index contributed by atoms with van der Waals surface area (Å²) in [5, 5.41) is 0. The maximum absolute atomic E-state index is 13.0. The summed E-state index contributed by atoms with van der Waals surface area (Å²) in [7, 11) is 0. The Morgan fingerprint density at radius 3 is 1.88 bits per heavy atom. The molecule has 0 amide bonds. The van der Waals surface area contributed by atoms with E-state index >= 15 is 0 Å². The molecule has 5 rings (SSSR count). The number of hydrogen-bond acceptors (Lipinski definition) is 6. The molecule has 2 atom stereocenters. The molecule has 40 heavy (non-hydrogen) atoms. The molecule has 8 nitrogen and oxygen atoms in total. The average Bonchev–Trinajstić information content (AvgIpc) is 2.96. The topological polar surface area (TPSA) is 93.6 Å². The Balaban J connectivity index is 1.72. The second-order valence-electron chi connectivity index (χ2n) is 9.62. The molecular weight excluding hydrogens is 572 g/mol. The maximum atomic E-state index is 13.0. The van der Waals surface area contributed by atoms with Crippen LogP contribution in [0.4, 0.5) is 0 Å². The Kier molecular flexibility index (Phi) is 8.47. The highest BCUT2D eigenvalue weighted by Crippen LogP contribution is 2.57. The molecular formula is C29H28Cl2N3O5P. The van der Waals surface area contributed by atoms with Gasteiger partial charge in [0, 0.05) is 24.8 Å². The van der Waals surface area contributed by atoms with E-state index in [-0.39, 0.29) is 13.2 Å². The number of rotatable bonds is 8. The first-order chi connectivity index (χ1) is 19.2. The molecule has 0 radical (unpaired) electrons. The van der Waals surface area contributed by atoms with Crippen molar-refractivity contribution in [2.45, 2.75) is 24.8 Å². The zero-order chi connectivity index (χ0) is 28.3. The Labute approximate surface area is 241 Å². The summed E-state index contributed by atoms with van der Waals surface area (Å²) in [5.74, 6) is 0. The Morgan fingerprint density at radius 1 is 0.900 bits per heavy atom. The number of hydrogen-bond donors (Lipinski definition) is 1. The molecule has 3 aromatic carbocycles. The van der Waals surface area contributed by atoms with E-state index in [0.29, 0.717) is 12.1 Å². The van der Waals surface area contributed by atoms with Crippen LogP contribution in [0.2, 0.25) is 0 Å². The number of H-pyrrole nitrogens is 1. The fraction of sp³-hybridized carbons (Fsp3) is 0.241. The quantitative estimate of drug-likeness (QED) is 0.208. The molecule has 0 unspecified atom stereocenters. The minimum Gasteiger partial charge on any atom is -0.350 e. The first-order valence-electron chi connectivity index (χ1n) is 12.7. The van der Waals surface area contributed by atoms with Crippen molar-refractivity contribution in [2.24, 2.45) is 0 Å². The van der Waals surface area contributed by atoms with Crippen molar-refractivity contribution in [2.75, 3.05) is 19.7 Å². The molecule has 1 N–H and O–H groups in total. The van der Waals surface area contributed by atoms with E-state index in [9.17, 15) is 14.2 Å². The number of ether oxygens (including phenoxy) is 1. The van der Waals surface area contributed by atoms with Gasteiger partial charge in [0.1, 0.15) is 0 Å². The second kappa shape index (κ2) is 11.9. The SMILES string of the molecule is Cc1cn([C@H]2CN(C(c3ccccc3)(c3ccccc3)c3ccccc3)C[C@@H](COP(=O)(Cl)Cl)O2)c(=O)[nH]c1=O. The van der Waals surface area contributed by atoms with Crippen LogP contribution in [0.1, 0.15) is 28.5 Å². The van der Waals surface area contributed by atoms with E-state index in [2.05, 4.69) is 46.3 Å². The van der Waals surface area contributed by atoms with Crippen LogP contribution in [0.25, 0.3) is 0 Å². The van der Waals surface area contributed by atoms with Crippen LogP contribution in [0.3, 0.4) is 0 Å². The second-order valence-corrected chi connectivity index (χ2v) is 13.9. The van der Waals surface area contributed by atoms with Crippen LogP contribution in [-0.2, 0) is 19.4 Å². The third-order valence-electron chi connectivity index (χ3n) is 7.07. The van der Waals surface area contributed by atoms with Crippen LogP contribution in [0, 0.1) is 6.92 Å². The molecule has 1 saturated heterocycles. The van der Waals surface area contributed by atoms with Crippen molar-refractivity contribution in [3.8, 4) is 0 Å². The largest absolute Gasteiger partial charge is 0.380 e. The fourth-order valence-electron chi connectivity index (χ4n) is 5.39. The standard InChI is InChI=1S/C29H28Cl2N3O5P/c1-21-17-34(28(36)32-27(21)35)26-19-33(18-25(39-26)20-38-40(30,31)37)29(22-11-5-2-6-12-22,23-13-7-3-8-14-23)24-15-9-4-10-16-24/h2-17,25-26H,18-20H2,1H3,(H,32,35,36)/t25-,26+/m0/s1. The van der Waals surface area contributed by atoms with Gasteiger partial charge in [0.25, 0.3) is 5.56 Å². The zero-order valence-corrected chi connectivity index (χ0v) is 24.1. The Morgan fingerprint density at radius 2 is 1.40 bits per heavy atom.